The summed E-state index contributed by atoms with van der Waals surface area (Å²) in [4.78, 5) is 15.4. The average molecular weight is 249 g/mol. The summed E-state index contributed by atoms with van der Waals surface area (Å²) in [5.74, 6) is -0.936. The van der Waals surface area contributed by atoms with Gasteiger partial charge in [-0.3, -0.25) is 4.68 Å². The highest BCUT2D eigenvalue weighted by molar-refractivity contribution is 5.86. The smallest absolute Gasteiger partial charge is 0.373 e. The molecule has 6 heteroatoms. The second-order valence-electron chi connectivity index (χ2n) is 5.15. The molecular formula is C12H15N3O3. The van der Waals surface area contributed by atoms with E-state index in [-0.39, 0.29) is 11.7 Å². The molecule has 2 rings (SSSR count). The Morgan fingerprint density at radius 3 is 2.50 bits per heavy atom. The first-order valence-electron chi connectivity index (χ1n) is 5.52. The number of aromatic nitrogens is 3. The number of rotatable bonds is 2. The van der Waals surface area contributed by atoms with Crippen molar-refractivity contribution >= 4 is 5.97 Å². The number of aryl methyl sites for hydroxylation is 1. The van der Waals surface area contributed by atoms with Gasteiger partial charge in [0.15, 0.2) is 0 Å². The Morgan fingerprint density at radius 2 is 2.11 bits per heavy atom. The molecule has 0 aliphatic heterocycles. The number of carboxylic acids is 1. The van der Waals surface area contributed by atoms with Crippen LogP contribution in [-0.2, 0) is 12.5 Å². The zero-order valence-corrected chi connectivity index (χ0v) is 10.8. The third-order valence-electron chi connectivity index (χ3n) is 2.48. The molecule has 96 valence electrons. The molecule has 0 saturated carbocycles. The minimum absolute atomic E-state index is 0.110. The molecule has 0 fully saturated rings. The van der Waals surface area contributed by atoms with E-state index in [4.69, 9.17) is 9.52 Å². The molecule has 1 N–H and O–H groups in total. The van der Waals surface area contributed by atoms with E-state index in [0.717, 1.165) is 0 Å². The van der Waals surface area contributed by atoms with Gasteiger partial charge in [0.05, 0.1) is 11.8 Å². The Bertz CT molecular complexity index is 590. The molecular weight excluding hydrogens is 234 g/mol. The molecule has 6 nitrogen and oxygen atoms in total. The van der Waals surface area contributed by atoms with Crippen LogP contribution in [0.5, 0.6) is 0 Å². The Morgan fingerprint density at radius 1 is 1.44 bits per heavy atom. The van der Waals surface area contributed by atoms with Crippen LogP contribution in [0.4, 0.5) is 0 Å². The number of hydrogen-bond acceptors (Lipinski definition) is 4. The molecule has 18 heavy (non-hydrogen) atoms. The van der Waals surface area contributed by atoms with Gasteiger partial charge >= 0.3 is 5.97 Å². The van der Waals surface area contributed by atoms with Gasteiger partial charge in [-0.05, 0) is 0 Å². The van der Waals surface area contributed by atoms with Crippen molar-refractivity contribution in [2.45, 2.75) is 26.2 Å². The fraction of sp³-hybridized carbons (Fsp3) is 0.417. The Hall–Kier alpha value is -2.11. The van der Waals surface area contributed by atoms with Gasteiger partial charge in [0, 0.05) is 18.7 Å². The van der Waals surface area contributed by atoms with E-state index in [0.29, 0.717) is 11.3 Å². The molecule has 0 unspecified atom stereocenters. The fourth-order valence-corrected chi connectivity index (χ4v) is 1.63. The summed E-state index contributed by atoms with van der Waals surface area (Å²) in [5, 5.41) is 13.1. The standard InChI is InChI=1S/C12H15N3O3/c1-12(2,3)9-8(11(16)17)18-10(14-9)7-5-13-15(4)6-7/h5-6H,1-4H3,(H,16,17). The maximum Gasteiger partial charge on any atom is 0.373 e. The number of nitrogens with zero attached hydrogens (tertiary/aromatic N) is 3. The molecule has 2 aromatic heterocycles. The van der Waals surface area contributed by atoms with E-state index < -0.39 is 11.4 Å². The zero-order valence-electron chi connectivity index (χ0n) is 10.8. The Kier molecular flexibility index (Phi) is 2.73. The van der Waals surface area contributed by atoms with Gasteiger partial charge in [-0.2, -0.15) is 5.10 Å². The number of aromatic carboxylic acids is 1. The number of carbonyl (C=O) groups is 1. The van der Waals surface area contributed by atoms with Crippen LogP contribution >= 0.6 is 0 Å². The van der Waals surface area contributed by atoms with Crippen molar-refractivity contribution in [3.05, 3.63) is 23.8 Å². The van der Waals surface area contributed by atoms with Gasteiger partial charge < -0.3 is 9.52 Å². The first-order chi connectivity index (χ1) is 8.29. The first kappa shape index (κ1) is 12.3. The third-order valence-corrected chi connectivity index (χ3v) is 2.48. The molecule has 0 atom stereocenters. The fourth-order valence-electron chi connectivity index (χ4n) is 1.63. The van der Waals surface area contributed by atoms with Gasteiger partial charge in [-0.1, -0.05) is 20.8 Å². The normalized spacial score (nSPS) is 11.8. The molecule has 0 radical (unpaired) electrons. The van der Waals surface area contributed by atoms with Crippen LogP contribution in [0, 0.1) is 0 Å². The summed E-state index contributed by atoms with van der Waals surface area (Å²) in [5.41, 5.74) is 0.710. The molecule has 0 aromatic carbocycles. The van der Waals surface area contributed by atoms with E-state index in [1.807, 2.05) is 20.8 Å². The van der Waals surface area contributed by atoms with Crippen LogP contribution in [0.3, 0.4) is 0 Å². The zero-order chi connectivity index (χ0) is 13.5. The lowest BCUT2D eigenvalue weighted by Gasteiger charge is -2.14. The van der Waals surface area contributed by atoms with Gasteiger partial charge in [0.25, 0.3) is 0 Å². The van der Waals surface area contributed by atoms with Gasteiger partial charge in [0.2, 0.25) is 11.7 Å². The number of hydrogen-bond donors (Lipinski definition) is 1. The van der Waals surface area contributed by atoms with Crippen molar-refractivity contribution in [3.8, 4) is 11.5 Å². The molecule has 0 saturated heterocycles. The summed E-state index contributed by atoms with van der Waals surface area (Å²) >= 11 is 0. The van der Waals surface area contributed by atoms with Crippen LogP contribution in [0.15, 0.2) is 16.8 Å². The lowest BCUT2D eigenvalue weighted by molar-refractivity contribution is 0.0659. The third kappa shape index (κ3) is 2.13. The SMILES string of the molecule is Cn1cc(-c2nc(C(C)(C)C)c(C(=O)O)o2)cn1. The lowest BCUT2D eigenvalue weighted by Crippen LogP contribution is -2.16. The molecule has 2 aromatic rings. The van der Waals surface area contributed by atoms with E-state index in [9.17, 15) is 4.79 Å². The summed E-state index contributed by atoms with van der Waals surface area (Å²) in [7, 11) is 1.77. The largest absolute Gasteiger partial charge is 0.475 e. The van der Waals surface area contributed by atoms with Crippen molar-refractivity contribution < 1.29 is 14.3 Å². The van der Waals surface area contributed by atoms with Crippen molar-refractivity contribution in [3.63, 3.8) is 0 Å². The lowest BCUT2D eigenvalue weighted by atomic mass is 9.91. The van der Waals surface area contributed by atoms with Gasteiger partial charge in [-0.25, -0.2) is 9.78 Å². The molecule has 2 heterocycles. The predicted molar refractivity (Wildman–Crippen MR) is 64.4 cm³/mol. The van der Waals surface area contributed by atoms with Crippen LogP contribution in [0.2, 0.25) is 0 Å². The van der Waals surface area contributed by atoms with Crippen molar-refractivity contribution in [2.24, 2.45) is 7.05 Å². The van der Waals surface area contributed by atoms with Crippen LogP contribution < -0.4 is 0 Å². The predicted octanol–water partition coefficient (Wildman–Crippen LogP) is 2.07. The summed E-state index contributed by atoms with van der Waals surface area (Å²) in [6.07, 6.45) is 3.31. The highest BCUT2D eigenvalue weighted by Crippen LogP contribution is 2.29. The molecule has 0 amide bonds. The van der Waals surface area contributed by atoms with Crippen LogP contribution in [-0.4, -0.2) is 25.8 Å². The topological polar surface area (TPSA) is 81.2 Å². The van der Waals surface area contributed by atoms with Crippen molar-refractivity contribution in [2.75, 3.05) is 0 Å². The quantitative estimate of drug-likeness (QED) is 0.881. The van der Waals surface area contributed by atoms with Crippen molar-refractivity contribution in [1.82, 2.24) is 14.8 Å². The molecule has 0 spiro atoms. The van der Waals surface area contributed by atoms with Gasteiger partial charge in [-0.15, -0.1) is 0 Å². The van der Waals surface area contributed by atoms with E-state index in [1.165, 1.54) is 0 Å². The number of oxazole rings is 1. The number of carboxylic acid groups (broad SMARTS) is 1. The minimum Gasteiger partial charge on any atom is -0.475 e. The second-order valence-corrected chi connectivity index (χ2v) is 5.15. The van der Waals surface area contributed by atoms with E-state index in [1.54, 1.807) is 24.1 Å². The Balaban J connectivity index is 2.56. The Labute approximate surface area is 104 Å². The molecule has 0 bridgehead atoms. The molecule has 0 aliphatic carbocycles. The second kappa shape index (κ2) is 3.97. The first-order valence-corrected chi connectivity index (χ1v) is 5.52. The summed E-state index contributed by atoms with van der Waals surface area (Å²) in [6, 6.07) is 0. The van der Waals surface area contributed by atoms with E-state index >= 15 is 0 Å². The minimum atomic E-state index is -1.11. The van der Waals surface area contributed by atoms with Gasteiger partial charge in [0.1, 0.15) is 5.69 Å². The summed E-state index contributed by atoms with van der Waals surface area (Å²) < 4.78 is 6.95. The van der Waals surface area contributed by atoms with Crippen LogP contribution in [0.1, 0.15) is 37.0 Å². The maximum absolute atomic E-state index is 11.2. The monoisotopic (exact) mass is 249 g/mol. The average Bonchev–Trinajstić information content (AvgIpc) is 2.81. The maximum atomic E-state index is 11.2. The summed E-state index contributed by atoms with van der Waals surface area (Å²) in [6.45, 7) is 5.68. The highest BCUT2D eigenvalue weighted by Gasteiger charge is 2.29. The van der Waals surface area contributed by atoms with Crippen LogP contribution in [0.25, 0.3) is 11.5 Å². The van der Waals surface area contributed by atoms with Crippen molar-refractivity contribution in [1.29, 1.82) is 0 Å². The molecule has 0 aliphatic rings. The highest BCUT2D eigenvalue weighted by atomic mass is 16.4. The van der Waals surface area contributed by atoms with E-state index in [2.05, 4.69) is 10.1 Å².